The number of nitrogens with one attached hydrogen (secondary N) is 1. The van der Waals surface area contributed by atoms with E-state index < -0.39 is 29.1 Å². The van der Waals surface area contributed by atoms with E-state index in [1.165, 1.54) is 4.90 Å². The van der Waals surface area contributed by atoms with Gasteiger partial charge in [-0.25, -0.2) is 18.0 Å². The van der Waals surface area contributed by atoms with Gasteiger partial charge in [-0.1, -0.05) is 6.07 Å². The van der Waals surface area contributed by atoms with Crippen LogP contribution in [0.4, 0.5) is 18.0 Å². The minimum atomic E-state index is -1.28. The molecule has 2 heterocycles. The van der Waals surface area contributed by atoms with E-state index in [1.807, 2.05) is 13.0 Å². The van der Waals surface area contributed by atoms with Crippen LogP contribution in [0.5, 0.6) is 0 Å². The standard InChI is InChI=1S/C19H20F3N3O2/c1-12-2-3-17(23-10-12)19(27)4-6-25(7-5-19)18(26)24-11-13-8-15(21)16(22)9-14(13)20/h2-3,8-10,27H,4-7,11H2,1H3,(H,24,26). The van der Waals surface area contributed by atoms with Gasteiger partial charge >= 0.3 is 6.03 Å². The molecule has 3 rings (SSSR count). The fourth-order valence-corrected chi connectivity index (χ4v) is 3.06. The molecular formula is C19H20F3N3O2. The molecule has 2 N–H and O–H groups in total. The van der Waals surface area contributed by atoms with Crippen LogP contribution >= 0.6 is 0 Å². The molecule has 0 radical (unpaired) electrons. The van der Waals surface area contributed by atoms with Crippen molar-refractivity contribution in [3.8, 4) is 0 Å². The van der Waals surface area contributed by atoms with Gasteiger partial charge < -0.3 is 15.3 Å². The second kappa shape index (κ2) is 7.56. The molecule has 1 aliphatic heterocycles. The van der Waals surface area contributed by atoms with Crippen molar-refractivity contribution in [2.75, 3.05) is 13.1 Å². The summed E-state index contributed by atoms with van der Waals surface area (Å²) in [6.45, 7) is 2.22. The van der Waals surface area contributed by atoms with Crippen molar-refractivity contribution in [1.29, 1.82) is 0 Å². The number of piperidine rings is 1. The molecule has 1 fully saturated rings. The van der Waals surface area contributed by atoms with Crippen molar-refractivity contribution in [1.82, 2.24) is 15.2 Å². The highest BCUT2D eigenvalue weighted by Crippen LogP contribution is 2.31. The van der Waals surface area contributed by atoms with Crippen molar-refractivity contribution in [3.05, 3.63) is 64.7 Å². The quantitative estimate of drug-likeness (QED) is 0.806. The zero-order valence-corrected chi connectivity index (χ0v) is 14.8. The summed E-state index contributed by atoms with van der Waals surface area (Å²) in [4.78, 5) is 18.0. The van der Waals surface area contributed by atoms with Gasteiger partial charge in [-0.15, -0.1) is 0 Å². The van der Waals surface area contributed by atoms with Gasteiger partial charge in [0.2, 0.25) is 0 Å². The SMILES string of the molecule is Cc1ccc(C2(O)CCN(C(=O)NCc3cc(F)c(F)cc3F)CC2)nc1. The van der Waals surface area contributed by atoms with E-state index in [9.17, 15) is 23.1 Å². The van der Waals surface area contributed by atoms with Crippen LogP contribution in [0.25, 0.3) is 0 Å². The summed E-state index contributed by atoms with van der Waals surface area (Å²) >= 11 is 0. The number of carbonyl (C=O) groups is 1. The van der Waals surface area contributed by atoms with E-state index in [0.29, 0.717) is 24.6 Å². The Morgan fingerprint density at radius 2 is 1.85 bits per heavy atom. The van der Waals surface area contributed by atoms with Gasteiger partial charge in [0.05, 0.1) is 5.69 Å². The van der Waals surface area contributed by atoms with Crippen LogP contribution in [0.3, 0.4) is 0 Å². The average Bonchev–Trinajstić information content (AvgIpc) is 2.64. The maximum atomic E-state index is 13.6. The van der Waals surface area contributed by atoms with Crippen molar-refractivity contribution in [3.63, 3.8) is 0 Å². The molecule has 0 unspecified atom stereocenters. The highest BCUT2D eigenvalue weighted by atomic mass is 19.2. The number of pyridine rings is 1. The minimum Gasteiger partial charge on any atom is -0.383 e. The Kier molecular flexibility index (Phi) is 5.36. The number of nitrogens with zero attached hydrogens (tertiary/aromatic N) is 2. The largest absolute Gasteiger partial charge is 0.383 e. The molecule has 1 aromatic carbocycles. The van der Waals surface area contributed by atoms with Gasteiger partial charge in [-0.05, 0) is 37.5 Å². The van der Waals surface area contributed by atoms with Crippen molar-refractivity contribution in [2.24, 2.45) is 0 Å². The molecule has 0 atom stereocenters. The fraction of sp³-hybridized carbons (Fsp3) is 0.368. The number of benzene rings is 1. The predicted octanol–water partition coefficient (Wildman–Crippen LogP) is 3.00. The lowest BCUT2D eigenvalue weighted by Crippen LogP contribution is -2.48. The lowest BCUT2D eigenvalue weighted by Gasteiger charge is -2.37. The number of halogens is 3. The first kappa shape index (κ1) is 19.2. The van der Waals surface area contributed by atoms with Gasteiger partial charge in [0, 0.05) is 37.5 Å². The molecule has 0 saturated carbocycles. The van der Waals surface area contributed by atoms with E-state index in [4.69, 9.17) is 0 Å². The Bertz CT molecular complexity index is 835. The van der Waals surface area contributed by atoms with Crippen molar-refractivity contribution >= 4 is 6.03 Å². The summed E-state index contributed by atoms with van der Waals surface area (Å²) in [5.74, 6) is -3.37. The monoisotopic (exact) mass is 379 g/mol. The number of urea groups is 1. The summed E-state index contributed by atoms with van der Waals surface area (Å²) in [5.41, 5.74) is 0.316. The van der Waals surface area contributed by atoms with E-state index in [1.54, 1.807) is 12.3 Å². The molecular weight excluding hydrogens is 359 g/mol. The maximum absolute atomic E-state index is 13.6. The predicted molar refractivity (Wildman–Crippen MR) is 92.2 cm³/mol. The molecule has 27 heavy (non-hydrogen) atoms. The van der Waals surface area contributed by atoms with Crippen LogP contribution in [-0.2, 0) is 12.1 Å². The summed E-state index contributed by atoms with van der Waals surface area (Å²) in [6, 6.07) is 4.36. The fourth-order valence-electron chi connectivity index (χ4n) is 3.06. The van der Waals surface area contributed by atoms with Gasteiger partial charge in [0.25, 0.3) is 0 Å². The lowest BCUT2D eigenvalue weighted by molar-refractivity contribution is -0.0204. The first-order valence-electron chi connectivity index (χ1n) is 8.60. The number of rotatable bonds is 3. The zero-order valence-electron chi connectivity index (χ0n) is 14.8. The third-order valence-corrected chi connectivity index (χ3v) is 4.79. The summed E-state index contributed by atoms with van der Waals surface area (Å²) in [7, 11) is 0. The number of likely N-dealkylation sites (tertiary alicyclic amines) is 1. The van der Waals surface area contributed by atoms with Gasteiger partial charge in [0.1, 0.15) is 11.4 Å². The third kappa shape index (κ3) is 4.21. The van der Waals surface area contributed by atoms with Crippen LogP contribution in [-0.4, -0.2) is 34.1 Å². The average molecular weight is 379 g/mol. The van der Waals surface area contributed by atoms with Crippen LogP contribution in [0.2, 0.25) is 0 Å². The topological polar surface area (TPSA) is 65.5 Å². The summed E-state index contributed by atoms with van der Waals surface area (Å²) < 4.78 is 39.8. The Labute approximate surface area is 154 Å². The van der Waals surface area contributed by atoms with Crippen LogP contribution < -0.4 is 5.32 Å². The minimum absolute atomic E-state index is 0.139. The third-order valence-electron chi connectivity index (χ3n) is 4.79. The molecule has 8 heteroatoms. The lowest BCUT2D eigenvalue weighted by atomic mass is 9.87. The number of hydrogen-bond donors (Lipinski definition) is 2. The van der Waals surface area contributed by atoms with Gasteiger partial charge in [-0.2, -0.15) is 0 Å². The molecule has 0 aliphatic carbocycles. The van der Waals surface area contributed by atoms with Crippen LogP contribution in [0, 0.1) is 24.4 Å². The Balaban J connectivity index is 1.57. The molecule has 0 bridgehead atoms. The first-order chi connectivity index (χ1) is 12.8. The Hall–Kier alpha value is -2.61. The van der Waals surface area contributed by atoms with Crippen molar-refractivity contribution in [2.45, 2.75) is 31.9 Å². The summed E-state index contributed by atoms with van der Waals surface area (Å²) in [5, 5.41) is 13.3. The maximum Gasteiger partial charge on any atom is 0.317 e. The van der Waals surface area contributed by atoms with E-state index >= 15 is 0 Å². The van der Waals surface area contributed by atoms with E-state index in [-0.39, 0.29) is 25.2 Å². The molecule has 1 aliphatic rings. The van der Waals surface area contributed by atoms with Gasteiger partial charge in [0.15, 0.2) is 11.6 Å². The number of aromatic nitrogens is 1. The van der Waals surface area contributed by atoms with Crippen molar-refractivity contribution < 1.29 is 23.1 Å². The first-order valence-corrected chi connectivity index (χ1v) is 8.60. The number of aliphatic hydroxyl groups is 1. The Morgan fingerprint density at radius 3 is 2.48 bits per heavy atom. The molecule has 2 amide bonds. The molecule has 144 valence electrons. The zero-order chi connectivity index (χ0) is 19.6. The molecule has 0 spiro atoms. The smallest absolute Gasteiger partial charge is 0.317 e. The normalized spacial score (nSPS) is 16.3. The molecule has 5 nitrogen and oxygen atoms in total. The highest BCUT2D eigenvalue weighted by molar-refractivity contribution is 5.74. The molecule has 2 aromatic rings. The highest BCUT2D eigenvalue weighted by Gasteiger charge is 2.36. The number of amides is 2. The molecule has 1 saturated heterocycles. The van der Waals surface area contributed by atoms with E-state index in [0.717, 1.165) is 11.6 Å². The number of hydrogen-bond acceptors (Lipinski definition) is 3. The van der Waals surface area contributed by atoms with Crippen LogP contribution in [0.15, 0.2) is 30.5 Å². The van der Waals surface area contributed by atoms with Crippen LogP contribution in [0.1, 0.15) is 29.7 Å². The molecule has 1 aromatic heterocycles. The Morgan fingerprint density at radius 1 is 1.19 bits per heavy atom. The second-order valence-corrected chi connectivity index (χ2v) is 6.76. The number of aryl methyl sites for hydroxylation is 1. The second-order valence-electron chi connectivity index (χ2n) is 6.76. The number of carbonyl (C=O) groups excluding carboxylic acids is 1. The van der Waals surface area contributed by atoms with Gasteiger partial charge in [-0.3, -0.25) is 4.98 Å². The summed E-state index contributed by atoms with van der Waals surface area (Å²) in [6.07, 6.45) is 2.31. The van der Waals surface area contributed by atoms with E-state index in [2.05, 4.69) is 10.3 Å².